The van der Waals surface area contributed by atoms with Gasteiger partial charge in [0.2, 0.25) is 0 Å². The van der Waals surface area contributed by atoms with Gasteiger partial charge >= 0.3 is 6.18 Å². The number of aliphatic hydroxyl groups excluding tert-OH is 1. The first-order valence-corrected chi connectivity index (χ1v) is 11.9. The van der Waals surface area contributed by atoms with E-state index in [4.69, 9.17) is 4.74 Å². The van der Waals surface area contributed by atoms with Crippen molar-refractivity contribution in [3.63, 3.8) is 0 Å². The summed E-state index contributed by atoms with van der Waals surface area (Å²) >= 11 is 0. The van der Waals surface area contributed by atoms with Crippen LogP contribution in [0.5, 0.6) is 5.75 Å². The molecule has 198 valence electrons. The summed E-state index contributed by atoms with van der Waals surface area (Å²) in [6.07, 6.45) is 2.91. The molecule has 11 heteroatoms. The number of pyridine rings is 2. The van der Waals surface area contributed by atoms with Crippen LogP contribution >= 0.6 is 0 Å². The van der Waals surface area contributed by atoms with Gasteiger partial charge in [0.1, 0.15) is 23.7 Å². The zero-order chi connectivity index (χ0) is 27.3. The van der Waals surface area contributed by atoms with Crippen molar-refractivity contribution in [2.75, 3.05) is 11.9 Å². The normalized spacial score (nSPS) is 12.3. The summed E-state index contributed by atoms with van der Waals surface area (Å²) in [5, 5.41) is 17.1. The standard InChI is InChI=1S/C27H26F3N5O3/c1-3-5-20(36)16-38-24-10-11-31-14-21(24)18-13-32-35(15-18)23-12-19(9-8-17(23)2)33-26(37)22-6-4-7-25(34-22)27(28,29)30/h4,6-15,20,36H,3,5,16H2,1-2H3,(H,33,37). The second-order valence-corrected chi connectivity index (χ2v) is 8.66. The molecule has 3 heterocycles. The Bertz CT molecular complexity index is 1420. The Labute approximate surface area is 217 Å². The summed E-state index contributed by atoms with van der Waals surface area (Å²) in [5.74, 6) is -0.213. The van der Waals surface area contributed by atoms with Crippen LogP contribution in [0.25, 0.3) is 16.8 Å². The Kier molecular flexibility index (Phi) is 8.06. The fourth-order valence-electron chi connectivity index (χ4n) is 3.77. The van der Waals surface area contributed by atoms with Gasteiger partial charge < -0.3 is 15.2 Å². The van der Waals surface area contributed by atoms with Crippen LogP contribution in [-0.4, -0.2) is 43.5 Å². The number of carbonyl (C=O) groups excluding carboxylic acids is 1. The van der Waals surface area contributed by atoms with Gasteiger partial charge in [-0.25, -0.2) is 9.67 Å². The minimum atomic E-state index is -4.65. The van der Waals surface area contributed by atoms with Gasteiger partial charge in [-0.05, 0) is 49.2 Å². The SMILES string of the molecule is CCCC(O)COc1ccncc1-c1cnn(-c2cc(NC(=O)c3cccc(C(F)(F)F)n3)ccc2C)c1. The van der Waals surface area contributed by atoms with Gasteiger partial charge in [-0.1, -0.05) is 25.5 Å². The number of alkyl halides is 3. The predicted octanol–water partition coefficient (Wildman–Crippen LogP) is 5.45. The van der Waals surface area contributed by atoms with E-state index >= 15 is 0 Å². The number of amides is 1. The molecule has 1 atom stereocenters. The van der Waals surface area contributed by atoms with E-state index in [1.807, 2.05) is 13.8 Å². The van der Waals surface area contributed by atoms with Gasteiger partial charge in [0.25, 0.3) is 5.91 Å². The van der Waals surface area contributed by atoms with Crippen LogP contribution in [0.3, 0.4) is 0 Å². The summed E-state index contributed by atoms with van der Waals surface area (Å²) in [6.45, 7) is 4.01. The highest BCUT2D eigenvalue weighted by molar-refractivity contribution is 6.03. The van der Waals surface area contributed by atoms with Crippen molar-refractivity contribution in [3.8, 4) is 22.6 Å². The van der Waals surface area contributed by atoms with Gasteiger partial charge in [-0.2, -0.15) is 18.3 Å². The predicted molar refractivity (Wildman–Crippen MR) is 135 cm³/mol. The van der Waals surface area contributed by atoms with Gasteiger partial charge in [0.05, 0.1) is 18.0 Å². The topological polar surface area (TPSA) is 102 Å². The Morgan fingerprint density at radius 2 is 2.00 bits per heavy atom. The van der Waals surface area contributed by atoms with Gasteiger partial charge in [0.15, 0.2) is 0 Å². The zero-order valence-corrected chi connectivity index (χ0v) is 20.7. The average molecular weight is 526 g/mol. The number of hydrogen-bond donors (Lipinski definition) is 2. The molecule has 0 fully saturated rings. The molecular weight excluding hydrogens is 499 g/mol. The lowest BCUT2D eigenvalue weighted by Gasteiger charge is -2.13. The molecule has 3 aromatic heterocycles. The monoisotopic (exact) mass is 525 g/mol. The fraction of sp³-hybridized carbons (Fsp3) is 0.259. The van der Waals surface area contributed by atoms with Crippen LogP contribution in [0.4, 0.5) is 18.9 Å². The van der Waals surface area contributed by atoms with Crippen molar-refractivity contribution in [2.24, 2.45) is 0 Å². The molecule has 0 saturated heterocycles. The van der Waals surface area contributed by atoms with Crippen molar-refractivity contribution < 1.29 is 27.8 Å². The number of aliphatic hydroxyl groups is 1. The van der Waals surface area contributed by atoms with E-state index in [9.17, 15) is 23.1 Å². The number of hydrogen-bond acceptors (Lipinski definition) is 6. The maximum Gasteiger partial charge on any atom is 0.433 e. The van der Waals surface area contributed by atoms with E-state index in [1.54, 1.807) is 53.7 Å². The minimum Gasteiger partial charge on any atom is -0.490 e. The number of ether oxygens (including phenoxy) is 1. The third-order valence-corrected chi connectivity index (χ3v) is 5.71. The number of nitrogens with zero attached hydrogens (tertiary/aromatic N) is 4. The van der Waals surface area contributed by atoms with Crippen molar-refractivity contribution in [1.82, 2.24) is 19.7 Å². The Morgan fingerprint density at radius 1 is 1.18 bits per heavy atom. The van der Waals surface area contributed by atoms with Crippen LogP contribution in [0.2, 0.25) is 0 Å². The number of halogens is 3. The molecule has 0 radical (unpaired) electrons. The largest absolute Gasteiger partial charge is 0.490 e. The number of anilines is 1. The first kappa shape index (κ1) is 26.8. The lowest BCUT2D eigenvalue weighted by atomic mass is 10.1. The summed E-state index contributed by atoms with van der Waals surface area (Å²) < 4.78 is 46.4. The molecule has 0 spiro atoms. The lowest BCUT2D eigenvalue weighted by Crippen LogP contribution is -2.17. The maximum absolute atomic E-state index is 13.0. The van der Waals surface area contributed by atoms with Gasteiger partial charge in [-0.3, -0.25) is 9.78 Å². The molecule has 1 unspecified atom stereocenters. The molecule has 0 aliphatic rings. The third kappa shape index (κ3) is 6.35. The molecule has 4 aromatic rings. The first-order valence-electron chi connectivity index (χ1n) is 11.9. The Morgan fingerprint density at radius 3 is 2.76 bits per heavy atom. The minimum absolute atomic E-state index is 0.153. The van der Waals surface area contributed by atoms with Crippen LogP contribution in [0.1, 0.15) is 41.5 Å². The van der Waals surface area contributed by atoms with Crippen LogP contribution in [0.15, 0.2) is 67.3 Å². The molecular formula is C27H26F3N5O3. The number of aromatic nitrogens is 4. The van der Waals surface area contributed by atoms with E-state index in [2.05, 4.69) is 20.4 Å². The summed E-state index contributed by atoms with van der Waals surface area (Å²) in [6, 6.07) is 9.95. The van der Waals surface area contributed by atoms with Crippen LogP contribution < -0.4 is 10.1 Å². The highest BCUT2D eigenvalue weighted by Crippen LogP contribution is 2.31. The summed E-state index contributed by atoms with van der Waals surface area (Å²) in [4.78, 5) is 20.2. The summed E-state index contributed by atoms with van der Waals surface area (Å²) in [7, 11) is 0. The second kappa shape index (κ2) is 11.4. The molecule has 4 rings (SSSR count). The van der Waals surface area contributed by atoms with Gasteiger partial charge in [-0.15, -0.1) is 0 Å². The smallest absolute Gasteiger partial charge is 0.433 e. The molecule has 0 bridgehead atoms. The van der Waals surface area contributed by atoms with Gasteiger partial charge in [0, 0.05) is 35.4 Å². The average Bonchev–Trinajstić information content (AvgIpc) is 3.38. The highest BCUT2D eigenvalue weighted by atomic mass is 19.4. The number of carbonyl (C=O) groups is 1. The number of rotatable bonds is 9. The Balaban J connectivity index is 1.55. The quantitative estimate of drug-likeness (QED) is 0.301. The van der Waals surface area contributed by atoms with E-state index in [-0.39, 0.29) is 12.3 Å². The van der Waals surface area contributed by atoms with Crippen LogP contribution in [-0.2, 0) is 6.18 Å². The van der Waals surface area contributed by atoms with E-state index < -0.39 is 23.9 Å². The van der Waals surface area contributed by atoms with Crippen molar-refractivity contribution in [1.29, 1.82) is 0 Å². The molecule has 0 aliphatic carbocycles. The van der Waals surface area contributed by atoms with Crippen LogP contribution in [0, 0.1) is 6.92 Å². The molecule has 38 heavy (non-hydrogen) atoms. The number of nitrogens with one attached hydrogen (secondary N) is 1. The second-order valence-electron chi connectivity index (χ2n) is 8.66. The van der Waals surface area contributed by atoms with Crippen molar-refractivity contribution >= 4 is 11.6 Å². The van der Waals surface area contributed by atoms with Crippen molar-refractivity contribution in [2.45, 2.75) is 39.0 Å². The number of benzene rings is 1. The zero-order valence-electron chi connectivity index (χ0n) is 20.7. The molecule has 1 aromatic carbocycles. The molecule has 0 saturated carbocycles. The molecule has 8 nitrogen and oxygen atoms in total. The first-order chi connectivity index (χ1) is 18.2. The highest BCUT2D eigenvalue weighted by Gasteiger charge is 2.33. The van der Waals surface area contributed by atoms with Crippen molar-refractivity contribution in [3.05, 3.63) is 84.2 Å². The Hall–Kier alpha value is -4.25. The fourth-order valence-corrected chi connectivity index (χ4v) is 3.77. The van der Waals surface area contributed by atoms with E-state index in [0.29, 0.717) is 29.1 Å². The van der Waals surface area contributed by atoms with E-state index in [1.165, 1.54) is 6.07 Å². The maximum atomic E-state index is 13.0. The molecule has 1 amide bonds. The number of aryl methyl sites for hydroxylation is 1. The molecule has 0 aliphatic heterocycles. The molecule has 2 N–H and O–H groups in total. The lowest BCUT2D eigenvalue weighted by molar-refractivity contribution is -0.141. The third-order valence-electron chi connectivity index (χ3n) is 5.71. The summed E-state index contributed by atoms with van der Waals surface area (Å²) in [5.41, 5.74) is 1.78. The van der Waals surface area contributed by atoms with E-state index in [0.717, 1.165) is 29.7 Å².